The maximum absolute atomic E-state index is 9.04. The molecule has 0 saturated carbocycles. The van der Waals surface area contributed by atoms with Gasteiger partial charge in [-0.2, -0.15) is 15.0 Å². The average molecular weight is 272 g/mol. The zero-order valence-corrected chi connectivity index (χ0v) is 11.8. The molecule has 7 heteroatoms. The minimum absolute atomic E-state index is 0.0425. The fourth-order valence-electron chi connectivity index (χ4n) is 1.10. The second kappa shape index (κ2) is 8.10. The van der Waals surface area contributed by atoms with Crippen LogP contribution in [0, 0.1) is 0 Å². The van der Waals surface area contributed by atoms with Crippen LogP contribution in [0.25, 0.3) is 0 Å². The summed E-state index contributed by atoms with van der Waals surface area (Å²) in [5, 5.41) is 12.7. The van der Waals surface area contributed by atoms with Crippen molar-refractivity contribution in [2.75, 3.05) is 25.1 Å². The number of thioether (sulfide) groups is 1. The maximum atomic E-state index is 9.04. The summed E-state index contributed by atoms with van der Waals surface area (Å²) >= 11 is 1.40. The summed E-state index contributed by atoms with van der Waals surface area (Å²) in [6, 6.07) is 0.329. The first-order valence-electron chi connectivity index (χ1n) is 6.09. The van der Waals surface area contributed by atoms with Crippen LogP contribution in [-0.2, 0) is 0 Å². The lowest BCUT2D eigenvalue weighted by Crippen LogP contribution is -2.10. The summed E-state index contributed by atoms with van der Waals surface area (Å²) in [5.41, 5.74) is 0. The number of nitrogens with zero attached hydrogens (tertiary/aromatic N) is 3. The van der Waals surface area contributed by atoms with Gasteiger partial charge in [0, 0.05) is 11.8 Å². The monoisotopic (exact) mass is 272 g/mol. The molecule has 1 rings (SSSR count). The van der Waals surface area contributed by atoms with Crippen molar-refractivity contribution in [3.8, 4) is 6.01 Å². The summed E-state index contributed by atoms with van der Waals surface area (Å²) in [7, 11) is 0. The Balaban J connectivity index is 2.83. The van der Waals surface area contributed by atoms with Crippen LogP contribution in [0.15, 0.2) is 5.16 Å². The van der Waals surface area contributed by atoms with E-state index in [4.69, 9.17) is 9.84 Å². The van der Waals surface area contributed by atoms with E-state index in [1.807, 2.05) is 20.8 Å². The third kappa shape index (κ3) is 5.05. The third-order valence-electron chi connectivity index (χ3n) is 1.93. The summed E-state index contributed by atoms with van der Waals surface area (Å²) in [4.78, 5) is 12.6. The Morgan fingerprint density at radius 3 is 2.72 bits per heavy atom. The van der Waals surface area contributed by atoms with Gasteiger partial charge in [0.1, 0.15) is 0 Å². The Labute approximate surface area is 112 Å². The molecule has 18 heavy (non-hydrogen) atoms. The lowest BCUT2D eigenvalue weighted by Gasteiger charge is -2.10. The average Bonchev–Trinajstić information content (AvgIpc) is 2.36. The van der Waals surface area contributed by atoms with E-state index < -0.39 is 0 Å². The van der Waals surface area contributed by atoms with Crippen LogP contribution in [0.3, 0.4) is 0 Å². The highest BCUT2D eigenvalue weighted by molar-refractivity contribution is 7.99. The number of hydrogen-bond donors (Lipinski definition) is 2. The molecule has 0 aliphatic carbocycles. The van der Waals surface area contributed by atoms with E-state index in [-0.39, 0.29) is 11.9 Å². The van der Waals surface area contributed by atoms with Crippen molar-refractivity contribution in [1.29, 1.82) is 0 Å². The molecule has 1 aromatic rings. The molecule has 1 atom stereocenters. The zero-order valence-electron chi connectivity index (χ0n) is 11.0. The molecule has 1 unspecified atom stereocenters. The fraction of sp³-hybridized carbons (Fsp3) is 0.727. The van der Waals surface area contributed by atoms with Crippen LogP contribution in [0.1, 0.15) is 27.2 Å². The Morgan fingerprint density at radius 2 is 2.11 bits per heavy atom. The van der Waals surface area contributed by atoms with Gasteiger partial charge in [-0.3, -0.25) is 0 Å². The van der Waals surface area contributed by atoms with E-state index in [9.17, 15) is 0 Å². The van der Waals surface area contributed by atoms with E-state index in [0.29, 0.717) is 23.7 Å². The molecule has 102 valence electrons. The first-order valence-corrected chi connectivity index (χ1v) is 6.97. The minimum Gasteiger partial charge on any atom is -0.463 e. The van der Waals surface area contributed by atoms with Gasteiger partial charge in [-0.1, -0.05) is 25.6 Å². The number of nitrogens with one attached hydrogen (secondary N) is 1. The normalized spacial score (nSPS) is 12.2. The molecule has 0 aromatic carbocycles. The molecule has 0 aliphatic rings. The van der Waals surface area contributed by atoms with Gasteiger partial charge in [0.25, 0.3) is 0 Å². The lowest BCUT2D eigenvalue weighted by molar-refractivity contribution is 0.288. The van der Waals surface area contributed by atoms with Crippen LogP contribution in [0.2, 0.25) is 0 Å². The lowest BCUT2D eigenvalue weighted by atomic mass is 10.5. The SMILES string of the molecule is CCCOc1nc(NCC)nc(SC(C)CO)n1. The molecule has 1 heterocycles. The molecule has 0 radical (unpaired) electrons. The van der Waals surface area contributed by atoms with Gasteiger partial charge in [0.15, 0.2) is 5.16 Å². The van der Waals surface area contributed by atoms with Gasteiger partial charge >= 0.3 is 6.01 Å². The van der Waals surface area contributed by atoms with Crippen molar-refractivity contribution in [2.24, 2.45) is 0 Å². The molecule has 6 nitrogen and oxygen atoms in total. The minimum atomic E-state index is 0.0425. The second-order valence-electron chi connectivity index (χ2n) is 3.71. The van der Waals surface area contributed by atoms with E-state index in [2.05, 4.69) is 20.3 Å². The van der Waals surface area contributed by atoms with Gasteiger partial charge in [0.2, 0.25) is 5.95 Å². The van der Waals surface area contributed by atoms with Crippen molar-refractivity contribution in [3.05, 3.63) is 0 Å². The topological polar surface area (TPSA) is 80.2 Å². The number of aliphatic hydroxyl groups excluding tert-OH is 1. The first kappa shape index (κ1) is 15.0. The van der Waals surface area contributed by atoms with Crippen molar-refractivity contribution < 1.29 is 9.84 Å². The predicted molar refractivity (Wildman–Crippen MR) is 72.2 cm³/mol. The van der Waals surface area contributed by atoms with Crippen LogP contribution >= 0.6 is 11.8 Å². The summed E-state index contributed by atoms with van der Waals surface area (Å²) in [6.07, 6.45) is 0.901. The number of ether oxygens (including phenoxy) is 1. The smallest absolute Gasteiger partial charge is 0.322 e. The zero-order chi connectivity index (χ0) is 13.4. The van der Waals surface area contributed by atoms with E-state index in [1.54, 1.807) is 0 Å². The van der Waals surface area contributed by atoms with Crippen molar-refractivity contribution in [1.82, 2.24) is 15.0 Å². The van der Waals surface area contributed by atoms with Crippen molar-refractivity contribution in [2.45, 2.75) is 37.6 Å². The molecule has 0 saturated heterocycles. The Kier molecular flexibility index (Phi) is 6.74. The first-order chi connectivity index (χ1) is 8.69. The standard InChI is InChI=1S/C11H20N4O2S/c1-4-6-17-10-13-9(12-5-2)14-11(15-10)18-8(3)7-16/h8,16H,4-7H2,1-3H3,(H,12,13,14,15). The summed E-state index contributed by atoms with van der Waals surface area (Å²) in [6.45, 7) is 7.30. The van der Waals surface area contributed by atoms with Crippen molar-refractivity contribution >= 4 is 17.7 Å². The quantitative estimate of drug-likeness (QED) is 0.695. The van der Waals surface area contributed by atoms with Crippen LogP contribution < -0.4 is 10.1 Å². The van der Waals surface area contributed by atoms with Crippen LogP contribution in [0.5, 0.6) is 6.01 Å². The highest BCUT2D eigenvalue weighted by Crippen LogP contribution is 2.21. The predicted octanol–water partition coefficient (Wildman–Crippen LogP) is 1.57. The fourth-order valence-corrected chi connectivity index (χ4v) is 1.81. The largest absolute Gasteiger partial charge is 0.463 e. The Morgan fingerprint density at radius 1 is 1.33 bits per heavy atom. The maximum Gasteiger partial charge on any atom is 0.322 e. The van der Waals surface area contributed by atoms with Gasteiger partial charge in [-0.25, -0.2) is 0 Å². The number of rotatable bonds is 8. The Hall–Kier alpha value is -1.08. The van der Waals surface area contributed by atoms with Crippen LogP contribution in [-0.4, -0.2) is 45.1 Å². The van der Waals surface area contributed by atoms with Gasteiger partial charge < -0.3 is 15.2 Å². The third-order valence-corrected chi connectivity index (χ3v) is 2.87. The molecule has 0 aliphatic heterocycles. The van der Waals surface area contributed by atoms with Gasteiger partial charge in [-0.15, -0.1) is 0 Å². The highest BCUT2D eigenvalue weighted by atomic mass is 32.2. The summed E-state index contributed by atoms with van der Waals surface area (Å²) in [5.74, 6) is 0.506. The van der Waals surface area contributed by atoms with E-state index >= 15 is 0 Å². The Bertz CT molecular complexity index is 365. The number of aliphatic hydroxyl groups is 1. The molecule has 0 amide bonds. The van der Waals surface area contributed by atoms with E-state index in [0.717, 1.165) is 13.0 Å². The van der Waals surface area contributed by atoms with E-state index in [1.165, 1.54) is 11.8 Å². The number of hydrogen-bond acceptors (Lipinski definition) is 7. The number of anilines is 1. The molecular weight excluding hydrogens is 252 g/mol. The number of aromatic nitrogens is 3. The summed E-state index contributed by atoms with van der Waals surface area (Å²) < 4.78 is 5.42. The molecule has 0 spiro atoms. The molecular formula is C11H20N4O2S. The molecule has 1 aromatic heterocycles. The highest BCUT2D eigenvalue weighted by Gasteiger charge is 2.10. The second-order valence-corrected chi connectivity index (χ2v) is 5.12. The van der Waals surface area contributed by atoms with Crippen LogP contribution in [0.4, 0.5) is 5.95 Å². The molecule has 0 fully saturated rings. The molecule has 2 N–H and O–H groups in total. The van der Waals surface area contributed by atoms with Gasteiger partial charge in [-0.05, 0) is 13.3 Å². The van der Waals surface area contributed by atoms with Gasteiger partial charge in [0.05, 0.1) is 13.2 Å². The molecule has 0 bridgehead atoms. The van der Waals surface area contributed by atoms with Crippen molar-refractivity contribution in [3.63, 3.8) is 0 Å².